The fourth-order valence-electron chi connectivity index (χ4n) is 3.26. The summed E-state index contributed by atoms with van der Waals surface area (Å²) < 4.78 is 5.77. The van der Waals surface area contributed by atoms with Crippen molar-refractivity contribution in [1.29, 1.82) is 0 Å². The van der Waals surface area contributed by atoms with Gasteiger partial charge in [0, 0.05) is 37.7 Å². The van der Waals surface area contributed by atoms with Crippen LogP contribution in [0.25, 0.3) is 0 Å². The van der Waals surface area contributed by atoms with Crippen LogP contribution in [0.3, 0.4) is 0 Å². The summed E-state index contributed by atoms with van der Waals surface area (Å²) in [5.41, 5.74) is 0.295. The van der Waals surface area contributed by atoms with Gasteiger partial charge < -0.3 is 15.0 Å². The Balaban J connectivity index is 2.63. The monoisotopic (exact) mass is 271 g/mol. The molecule has 1 rings (SSSR count). The predicted molar refractivity (Wildman–Crippen MR) is 81.7 cm³/mol. The van der Waals surface area contributed by atoms with E-state index in [1.807, 2.05) is 0 Å². The lowest BCUT2D eigenvalue weighted by Gasteiger charge is -2.43. The second-order valence-electron chi connectivity index (χ2n) is 6.36. The van der Waals surface area contributed by atoms with Crippen molar-refractivity contribution >= 4 is 0 Å². The maximum atomic E-state index is 5.77. The van der Waals surface area contributed by atoms with Crippen molar-refractivity contribution in [2.45, 2.75) is 32.7 Å². The van der Waals surface area contributed by atoms with E-state index in [1.54, 1.807) is 0 Å². The standard InChI is InChI=1S/C15H33N3O/c1-6-18(14(2)10-17(4)5)12-15(11-16-3)8-7-9-19-13-15/h14,16H,6-13H2,1-5H3. The van der Waals surface area contributed by atoms with Crippen LogP contribution < -0.4 is 5.32 Å². The van der Waals surface area contributed by atoms with Gasteiger partial charge in [-0.2, -0.15) is 0 Å². The maximum Gasteiger partial charge on any atom is 0.0546 e. The van der Waals surface area contributed by atoms with Crippen LogP contribution in [0.1, 0.15) is 26.7 Å². The molecule has 0 aromatic heterocycles. The van der Waals surface area contributed by atoms with Crippen molar-refractivity contribution in [2.24, 2.45) is 5.41 Å². The quantitative estimate of drug-likeness (QED) is 0.720. The highest BCUT2D eigenvalue weighted by molar-refractivity contribution is 4.88. The Bertz CT molecular complexity index is 234. The highest BCUT2D eigenvalue weighted by Gasteiger charge is 2.35. The average molecular weight is 271 g/mol. The van der Waals surface area contributed by atoms with Gasteiger partial charge in [0.25, 0.3) is 0 Å². The Morgan fingerprint density at radius 1 is 1.37 bits per heavy atom. The van der Waals surface area contributed by atoms with Gasteiger partial charge in [-0.05, 0) is 47.5 Å². The number of nitrogens with zero attached hydrogens (tertiary/aromatic N) is 2. The third kappa shape index (κ3) is 5.38. The van der Waals surface area contributed by atoms with E-state index in [1.165, 1.54) is 12.8 Å². The molecule has 1 heterocycles. The van der Waals surface area contributed by atoms with Crippen LogP contribution in [0.15, 0.2) is 0 Å². The summed E-state index contributed by atoms with van der Waals surface area (Å²) in [5, 5.41) is 3.37. The Morgan fingerprint density at radius 3 is 2.58 bits per heavy atom. The number of likely N-dealkylation sites (N-methyl/N-ethyl adjacent to an activating group) is 2. The lowest BCUT2D eigenvalue weighted by Crippen LogP contribution is -2.52. The number of ether oxygens (including phenoxy) is 1. The topological polar surface area (TPSA) is 27.7 Å². The predicted octanol–water partition coefficient (Wildman–Crippen LogP) is 1.27. The van der Waals surface area contributed by atoms with Gasteiger partial charge in [-0.1, -0.05) is 6.92 Å². The molecule has 1 fully saturated rings. The molecule has 0 radical (unpaired) electrons. The van der Waals surface area contributed by atoms with Gasteiger partial charge in [0.05, 0.1) is 6.61 Å². The number of nitrogens with one attached hydrogen (secondary N) is 1. The first-order valence-electron chi connectivity index (χ1n) is 7.64. The largest absolute Gasteiger partial charge is 0.381 e. The first kappa shape index (κ1) is 16.9. The molecule has 0 aliphatic carbocycles. The molecule has 2 unspecified atom stereocenters. The van der Waals surface area contributed by atoms with Gasteiger partial charge in [-0.3, -0.25) is 4.90 Å². The molecule has 4 heteroatoms. The Hall–Kier alpha value is -0.160. The van der Waals surface area contributed by atoms with E-state index in [4.69, 9.17) is 4.74 Å². The van der Waals surface area contributed by atoms with Gasteiger partial charge in [0.1, 0.15) is 0 Å². The molecular formula is C15H33N3O. The smallest absolute Gasteiger partial charge is 0.0546 e. The van der Waals surface area contributed by atoms with E-state index in [-0.39, 0.29) is 0 Å². The third-order valence-electron chi connectivity index (χ3n) is 4.15. The van der Waals surface area contributed by atoms with E-state index in [9.17, 15) is 0 Å². The van der Waals surface area contributed by atoms with Gasteiger partial charge in [-0.25, -0.2) is 0 Å². The first-order chi connectivity index (χ1) is 9.03. The molecular weight excluding hydrogens is 238 g/mol. The van der Waals surface area contributed by atoms with Crippen LogP contribution in [0.2, 0.25) is 0 Å². The first-order valence-corrected chi connectivity index (χ1v) is 7.64. The van der Waals surface area contributed by atoms with Crippen LogP contribution in [0, 0.1) is 5.41 Å². The third-order valence-corrected chi connectivity index (χ3v) is 4.15. The van der Waals surface area contributed by atoms with Gasteiger partial charge in [-0.15, -0.1) is 0 Å². The minimum absolute atomic E-state index is 0.295. The Morgan fingerprint density at radius 2 is 2.11 bits per heavy atom. The second kappa shape index (κ2) is 8.20. The fourth-order valence-corrected chi connectivity index (χ4v) is 3.26. The van der Waals surface area contributed by atoms with Crippen LogP contribution in [-0.4, -0.2) is 76.4 Å². The van der Waals surface area contributed by atoms with Crippen molar-refractivity contribution in [3.63, 3.8) is 0 Å². The molecule has 0 saturated carbocycles. The van der Waals surface area contributed by atoms with Crippen LogP contribution in [0.5, 0.6) is 0 Å². The lowest BCUT2D eigenvalue weighted by atomic mass is 9.81. The van der Waals surface area contributed by atoms with Crippen LogP contribution >= 0.6 is 0 Å². The van der Waals surface area contributed by atoms with Gasteiger partial charge >= 0.3 is 0 Å². The molecule has 2 atom stereocenters. The van der Waals surface area contributed by atoms with Crippen molar-refractivity contribution < 1.29 is 4.74 Å². The Labute approximate surface area is 119 Å². The molecule has 0 spiro atoms. The molecule has 0 aromatic rings. The summed E-state index contributed by atoms with van der Waals surface area (Å²) in [6, 6.07) is 0.593. The highest BCUT2D eigenvalue weighted by atomic mass is 16.5. The fraction of sp³-hybridized carbons (Fsp3) is 1.00. The van der Waals surface area contributed by atoms with E-state index in [0.717, 1.165) is 39.4 Å². The minimum Gasteiger partial charge on any atom is -0.381 e. The molecule has 1 aliphatic heterocycles. The van der Waals surface area contributed by atoms with E-state index >= 15 is 0 Å². The van der Waals surface area contributed by atoms with E-state index < -0.39 is 0 Å². The SMILES string of the molecule is CCN(CC1(CNC)CCCOC1)C(C)CN(C)C. The number of rotatable bonds is 8. The summed E-state index contributed by atoms with van der Waals surface area (Å²) in [4.78, 5) is 4.88. The summed E-state index contributed by atoms with van der Waals surface area (Å²) in [6.45, 7) is 10.9. The molecule has 1 aliphatic rings. The van der Waals surface area contributed by atoms with E-state index in [0.29, 0.717) is 11.5 Å². The maximum absolute atomic E-state index is 5.77. The molecule has 1 N–H and O–H groups in total. The Kier molecular flexibility index (Phi) is 7.29. The zero-order valence-corrected chi connectivity index (χ0v) is 13.5. The lowest BCUT2D eigenvalue weighted by molar-refractivity contribution is -0.0314. The number of hydrogen-bond donors (Lipinski definition) is 1. The molecule has 1 saturated heterocycles. The normalized spacial score (nSPS) is 26.1. The molecule has 0 bridgehead atoms. The van der Waals surface area contributed by atoms with Crippen molar-refractivity contribution in [3.05, 3.63) is 0 Å². The summed E-state index contributed by atoms with van der Waals surface area (Å²) >= 11 is 0. The average Bonchev–Trinajstić information content (AvgIpc) is 2.36. The zero-order valence-electron chi connectivity index (χ0n) is 13.5. The van der Waals surface area contributed by atoms with E-state index in [2.05, 4.69) is 50.1 Å². The molecule has 0 amide bonds. The molecule has 4 nitrogen and oxygen atoms in total. The minimum atomic E-state index is 0.295. The highest BCUT2D eigenvalue weighted by Crippen LogP contribution is 2.29. The molecule has 19 heavy (non-hydrogen) atoms. The summed E-state index contributed by atoms with van der Waals surface area (Å²) in [5.74, 6) is 0. The summed E-state index contributed by atoms with van der Waals surface area (Å²) in [7, 11) is 6.35. The molecule has 114 valence electrons. The van der Waals surface area contributed by atoms with Crippen molar-refractivity contribution in [2.75, 3.05) is 60.5 Å². The molecule has 0 aromatic carbocycles. The van der Waals surface area contributed by atoms with Crippen molar-refractivity contribution in [3.8, 4) is 0 Å². The second-order valence-corrected chi connectivity index (χ2v) is 6.36. The van der Waals surface area contributed by atoms with Gasteiger partial charge in [0.2, 0.25) is 0 Å². The van der Waals surface area contributed by atoms with Crippen LogP contribution in [0.4, 0.5) is 0 Å². The number of hydrogen-bond acceptors (Lipinski definition) is 4. The van der Waals surface area contributed by atoms with Crippen molar-refractivity contribution in [1.82, 2.24) is 15.1 Å². The van der Waals surface area contributed by atoms with Gasteiger partial charge in [0.15, 0.2) is 0 Å². The zero-order chi connectivity index (χ0) is 14.3. The van der Waals surface area contributed by atoms with Crippen LogP contribution in [-0.2, 0) is 4.74 Å². The summed E-state index contributed by atoms with van der Waals surface area (Å²) in [6.07, 6.45) is 2.47.